The lowest BCUT2D eigenvalue weighted by Gasteiger charge is -2.32. The summed E-state index contributed by atoms with van der Waals surface area (Å²) in [6.07, 6.45) is 1.52. The van der Waals surface area contributed by atoms with E-state index >= 15 is 0 Å². The topological polar surface area (TPSA) is 90.7 Å². The third-order valence-electron chi connectivity index (χ3n) is 3.67. The van der Waals surface area contributed by atoms with E-state index in [0.717, 1.165) is 17.7 Å². The molecule has 0 heterocycles. The molecule has 1 aliphatic rings. The van der Waals surface area contributed by atoms with Gasteiger partial charge in [-0.15, -0.1) is 0 Å². The van der Waals surface area contributed by atoms with Crippen molar-refractivity contribution in [2.45, 2.75) is 74.3 Å². The van der Waals surface area contributed by atoms with Crippen LogP contribution in [0.25, 0.3) is 0 Å². The number of aliphatic imine (C=N–C) groups is 1. The second kappa shape index (κ2) is 14.0. The molecule has 0 amide bonds. The minimum atomic E-state index is -0.454. The van der Waals surface area contributed by atoms with Gasteiger partial charge in [-0.05, 0) is 52.0 Å². The van der Waals surface area contributed by atoms with E-state index in [2.05, 4.69) is 11.9 Å². The normalized spacial score (nSPS) is 23.7. The number of rotatable bonds is 4. The van der Waals surface area contributed by atoms with Crippen LogP contribution in [0.1, 0.15) is 68.2 Å². The molecule has 0 bridgehead atoms. The van der Waals surface area contributed by atoms with Crippen LogP contribution in [0.2, 0.25) is 0 Å². The summed E-state index contributed by atoms with van der Waals surface area (Å²) in [5.41, 5.74) is 13.8. The minimum Gasteiger partial charge on any atom is -0.461 e. The van der Waals surface area contributed by atoms with Gasteiger partial charge in [-0.1, -0.05) is 34.6 Å². The van der Waals surface area contributed by atoms with Gasteiger partial charge in [0, 0.05) is 17.3 Å². The molecule has 0 aromatic heterocycles. The summed E-state index contributed by atoms with van der Waals surface area (Å²) in [5.74, 6) is 0.338. The van der Waals surface area contributed by atoms with Gasteiger partial charge < -0.3 is 16.2 Å². The predicted molar refractivity (Wildman–Crippen MR) is 104 cm³/mol. The lowest BCUT2D eigenvalue weighted by atomic mass is 9.76. The van der Waals surface area contributed by atoms with Gasteiger partial charge >= 0.3 is 5.97 Å². The maximum Gasteiger partial charge on any atom is 0.354 e. The zero-order chi connectivity index (χ0) is 19.3. The zero-order valence-electron chi connectivity index (χ0n) is 17.0. The Morgan fingerprint density at radius 1 is 1.25 bits per heavy atom. The van der Waals surface area contributed by atoms with Gasteiger partial charge in [-0.25, -0.2) is 4.79 Å². The zero-order valence-corrected chi connectivity index (χ0v) is 17.0. The summed E-state index contributed by atoms with van der Waals surface area (Å²) in [6, 6.07) is 0.177. The number of nitrogens with two attached hydrogens (primary N) is 2. The average molecular weight is 342 g/mol. The van der Waals surface area contributed by atoms with Crippen LogP contribution < -0.4 is 11.5 Å². The van der Waals surface area contributed by atoms with E-state index in [9.17, 15) is 4.79 Å². The Morgan fingerprint density at radius 2 is 1.79 bits per heavy atom. The highest BCUT2D eigenvalue weighted by Crippen LogP contribution is 2.32. The van der Waals surface area contributed by atoms with E-state index in [1.165, 1.54) is 0 Å². The van der Waals surface area contributed by atoms with Crippen LogP contribution in [0.4, 0.5) is 0 Å². The van der Waals surface area contributed by atoms with E-state index in [4.69, 9.17) is 16.2 Å². The Balaban J connectivity index is 0. The Labute approximate surface area is 148 Å². The van der Waals surface area contributed by atoms with E-state index in [1.54, 1.807) is 6.92 Å². The molecule has 0 aromatic carbocycles. The van der Waals surface area contributed by atoms with Gasteiger partial charge in [0.25, 0.3) is 0 Å². The molecule has 1 saturated carbocycles. The number of carbonyl (C=O) groups is 1. The van der Waals surface area contributed by atoms with Gasteiger partial charge in [0.1, 0.15) is 5.70 Å². The number of hydrogen-bond donors (Lipinski definition) is 2. The monoisotopic (exact) mass is 341 g/mol. The maximum atomic E-state index is 11.9. The molecule has 5 nitrogen and oxygen atoms in total. The largest absolute Gasteiger partial charge is 0.461 e. The fourth-order valence-electron chi connectivity index (χ4n) is 2.53. The first-order valence-electron chi connectivity index (χ1n) is 9.33. The van der Waals surface area contributed by atoms with Crippen LogP contribution in [-0.4, -0.2) is 30.9 Å². The Bertz CT molecular complexity index is 415. The number of nitrogens with zero attached hydrogens (tertiary/aromatic N) is 1. The number of carbonyl (C=O) groups excluding carboxylic acids is 1. The lowest BCUT2D eigenvalue weighted by Crippen LogP contribution is -2.33. The molecule has 0 spiro atoms. The molecule has 1 fully saturated rings. The van der Waals surface area contributed by atoms with Crippen molar-refractivity contribution in [1.82, 2.24) is 0 Å². The van der Waals surface area contributed by atoms with Crippen LogP contribution in [0.5, 0.6) is 0 Å². The van der Waals surface area contributed by atoms with Crippen LogP contribution in [0, 0.1) is 11.8 Å². The smallest absolute Gasteiger partial charge is 0.354 e. The number of ether oxygens (including phenoxy) is 1. The molecular weight excluding hydrogens is 302 g/mol. The van der Waals surface area contributed by atoms with E-state index in [-0.39, 0.29) is 11.7 Å². The highest BCUT2D eigenvalue weighted by atomic mass is 16.5. The molecule has 0 saturated heterocycles. The molecule has 24 heavy (non-hydrogen) atoms. The Morgan fingerprint density at radius 3 is 2.21 bits per heavy atom. The average Bonchev–Trinajstić information content (AvgIpc) is 2.58. The van der Waals surface area contributed by atoms with Crippen LogP contribution in [-0.2, 0) is 9.53 Å². The van der Waals surface area contributed by atoms with Gasteiger partial charge in [0.15, 0.2) is 0 Å². The summed E-state index contributed by atoms with van der Waals surface area (Å²) in [5, 5.41) is 0. The second-order valence-corrected chi connectivity index (χ2v) is 5.66. The fourth-order valence-corrected chi connectivity index (χ4v) is 2.53. The highest BCUT2D eigenvalue weighted by molar-refractivity contribution is 6.07. The molecule has 1 aliphatic carbocycles. The summed E-state index contributed by atoms with van der Waals surface area (Å²) in [7, 11) is 0. The first-order valence-corrected chi connectivity index (χ1v) is 9.33. The summed E-state index contributed by atoms with van der Waals surface area (Å²) < 4.78 is 5.00. The fraction of sp³-hybridized carbons (Fsp3) is 0.789. The molecule has 1 rings (SSSR count). The van der Waals surface area contributed by atoms with Crippen LogP contribution in [0.15, 0.2) is 16.3 Å². The number of hydrogen-bond acceptors (Lipinski definition) is 5. The van der Waals surface area contributed by atoms with Crippen molar-refractivity contribution < 1.29 is 9.53 Å². The molecule has 0 radical (unpaired) electrons. The first-order chi connectivity index (χ1) is 11.4. The minimum absolute atomic E-state index is 0.177. The molecule has 0 aliphatic heterocycles. The van der Waals surface area contributed by atoms with Gasteiger partial charge in [0.2, 0.25) is 0 Å². The van der Waals surface area contributed by atoms with Crippen LogP contribution >= 0.6 is 0 Å². The Kier molecular flexibility index (Phi) is 14.5. The first kappa shape index (κ1) is 24.9. The summed E-state index contributed by atoms with van der Waals surface area (Å²) in [6.45, 7) is 16.9. The standard InChI is InChI=1S/C15H27N3O2.2C2H6/c1-5-20-15(19)14(17)12-7-11(8-16)10(4)6-13(12)18-9(2)3;2*1-2/h9-11H,5-8,16-17H2,1-4H3;2*1-2H3/b14-12-,18-13?;;. The molecule has 142 valence electrons. The second-order valence-electron chi connectivity index (χ2n) is 5.66. The SMILES string of the molecule is CC.CC.CCOC(=O)/C(N)=C1\CC(CN)C(C)CC1=NC(C)C. The van der Waals surface area contributed by atoms with Crippen molar-refractivity contribution in [2.75, 3.05) is 13.2 Å². The summed E-state index contributed by atoms with van der Waals surface area (Å²) in [4.78, 5) is 16.5. The predicted octanol–water partition coefficient (Wildman–Crippen LogP) is 3.67. The number of allylic oxidation sites excluding steroid dienone is 1. The molecule has 4 N–H and O–H groups in total. The Hall–Kier alpha value is -1.36. The van der Waals surface area contributed by atoms with Crippen molar-refractivity contribution in [1.29, 1.82) is 0 Å². The van der Waals surface area contributed by atoms with Crippen molar-refractivity contribution in [2.24, 2.45) is 28.3 Å². The summed E-state index contributed by atoms with van der Waals surface area (Å²) >= 11 is 0. The van der Waals surface area contributed by atoms with Crippen molar-refractivity contribution in [3.63, 3.8) is 0 Å². The molecule has 2 atom stereocenters. The lowest BCUT2D eigenvalue weighted by molar-refractivity contribution is -0.138. The van der Waals surface area contributed by atoms with Crippen LogP contribution in [0.3, 0.4) is 0 Å². The van der Waals surface area contributed by atoms with E-state index < -0.39 is 5.97 Å². The van der Waals surface area contributed by atoms with Gasteiger partial charge in [-0.3, -0.25) is 4.99 Å². The third kappa shape index (κ3) is 7.95. The maximum absolute atomic E-state index is 11.9. The van der Waals surface area contributed by atoms with Gasteiger partial charge in [0.05, 0.1) is 6.61 Å². The quantitative estimate of drug-likeness (QED) is 0.603. The highest BCUT2D eigenvalue weighted by Gasteiger charge is 2.30. The molecular formula is C19H39N3O2. The van der Waals surface area contributed by atoms with Gasteiger partial charge in [-0.2, -0.15) is 0 Å². The van der Waals surface area contributed by atoms with E-state index in [0.29, 0.717) is 31.4 Å². The van der Waals surface area contributed by atoms with E-state index in [1.807, 2.05) is 41.5 Å². The van der Waals surface area contributed by atoms with Crippen molar-refractivity contribution >= 4 is 11.7 Å². The van der Waals surface area contributed by atoms with Crippen molar-refractivity contribution in [3.05, 3.63) is 11.3 Å². The molecule has 0 aromatic rings. The van der Waals surface area contributed by atoms with Crippen molar-refractivity contribution in [3.8, 4) is 0 Å². The molecule has 2 unspecified atom stereocenters. The molecule has 5 heteroatoms. The third-order valence-corrected chi connectivity index (χ3v) is 3.67. The number of esters is 1.